The summed E-state index contributed by atoms with van der Waals surface area (Å²) in [5.74, 6) is 0.458. The monoisotopic (exact) mass is 152 g/mol. The first-order chi connectivity index (χ1) is 3.55. The summed E-state index contributed by atoms with van der Waals surface area (Å²) in [5, 5.41) is 0. The van der Waals surface area contributed by atoms with Gasteiger partial charge >= 0.3 is 0 Å². The van der Waals surface area contributed by atoms with E-state index in [-0.39, 0.29) is 0 Å². The molecule has 48 valence electrons. The van der Waals surface area contributed by atoms with Crippen LogP contribution in [0.5, 0.6) is 0 Å². The van der Waals surface area contributed by atoms with Gasteiger partial charge in [-0.1, -0.05) is 37.0 Å². The molecule has 0 aromatic carbocycles. The van der Waals surface area contributed by atoms with Gasteiger partial charge in [0.05, 0.1) is 0 Å². The Hall–Kier alpha value is 0.320. The smallest absolute Gasteiger partial charge is 0.0709 e. The minimum Gasteiger partial charge on any atom is -0.0709 e. The zero-order valence-corrected chi connectivity index (χ0v) is 6.85. The average Bonchev–Trinajstić information content (AvgIpc) is 1.64. The van der Waals surface area contributed by atoms with Crippen LogP contribution >= 0.6 is 23.2 Å². The van der Waals surface area contributed by atoms with E-state index in [1.807, 2.05) is 6.92 Å². The molecule has 0 atom stereocenters. The van der Waals surface area contributed by atoms with Crippen molar-refractivity contribution in [2.24, 2.45) is 5.92 Å². The zero-order chi connectivity index (χ0) is 6.73. The maximum absolute atomic E-state index is 5.47. The lowest BCUT2D eigenvalue weighted by Gasteiger charge is -2.02. The fourth-order valence-corrected chi connectivity index (χ4v) is 0.655. The number of hydrogen-bond donors (Lipinski definition) is 0. The zero-order valence-electron chi connectivity index (χ0n) is 5.33. The van der Waals surface area contributed by atoms with Gasteiger partial charge in [0.2, 0.25) is 0 Å². The Kier molecular flexibility index (Phi) is 3.50. The van der Waals surface area contributed by atoms with Crippen LogP contribution in [0, 0.1) is 5.92 Å². The molecular weight excluding hydrogens is 143 g/mol. The van der Waals surface area contributed by atoms with Gasteiger partial charge in [-0.05, 0) is 18.4 Å². The molecule has 0 spiro atoms. The highest BCUT2D eigenvalue weighted by Crippen LogP contribution is 2.19. The molecule has 2 heteroatoms. The third kappa shape index (κ3) is 2.58. The maximum Gasteiger partial charge on any atom is 0.106 e. The van der Waals surface area contributed by atoms with Crippen LogP contribution < -0.4 is 0 Å². The molecule has 0 aromatic heterocycles. The van der Waals surface area contributed by atoms with Crippen LogP contribution in [0.1, 0.15) is 20.8 Å². The normalized spacial score (nSPS) is 9.75. The van der Waals surface area contributed by atoms with Crippen LogP contribution in [0.3, 0.4) is 0 Å². The van der Waals surface area contributed by atoms with Crippen molar-refractivity contribution in [2.45, 2.75) is 20.8 Å². The third-order valence-corrected chi connectivity index (χ3v) is 1.76. The molecule has 0 heterocycles. The Morgan fingerprint density at radius 3 is 1.62 bits per heavy atom. The summed E-state index contributed by atoms with van der Waals surface area (Å²) in [5.41, 5.74) is 1.05. The van der Waals surface area contributed by atoms with Gasteiger partial charge < -0.3 is 0 Å². The van der Waals surface area contributed by atoms with Crippen LogP contribution in [0.15, 0.2) is 10.1 Å². The molecule has 0 aromatic rings. The van der Waals surface area contributed by atoms with Gasteiger partial charge in [-0.25, -0.2) is 0 Å². The number of hydrogen-bond acceptors (Lipinski definition) is 0. The fraction of sp³-hybridized carbons (Fsp3) is 0.667. The quantitative estimate of drug-likeness (QED) is 0.541. The Morgan fingerprint density at radius 2 is 1.62 bits per heavy atom. The summed E-state index contributed by atoms with van der Waals surface area (Å²) in [6.07, 6.45) is 0. The average molecular weight is 153 g/mol. The summed E-state index contributed by atoms with van der Waals surface area (Å²) in [6.45, 7) is 6.04. The van der Waals surface area contributed by atoms with Crippen molar-refractivity contribution >= 4 is 23.2 Å². The first kappa shape index (κ1) is 8.32. The summed E-state index contributed by atoms with van der Waals surface area (Å²) in [7, 11) is 0. The van der Waals surface area contributed by atoms with E-state index in [0.29, 0.717) is 10.4 Å². The van der Waals surface area contributed by atoms with Gasteiger partial charge in [-0.3, -0.25) is 0 Å². The third-order valence-electron chi connectivity index (χ3n) is 1.16. The van der Waals surface area contributed by atoms with Crippen LogP contribution in [0.2, 0.25) is 0 Å². The molecule has 0 radical (unpaired) electrons. The van der Waals surface area contributed by atoms with E-state index in [1.165, 1.54) is 0 Å². The van der Waals surface area contributed by atoms with Crippen molar-refractivity contribution in [3.63, 3.8) is 0 Å². The van der Waals surface area contributed by atoms with Gasteiger partial charge in [-0.15, -0.1) is 0 Å². The molecule has 0 aliphatic rings. The second-order valence-corrected chi connectivity index (χ2v) is 3.05. The number of rotatable bonds is 1. The van der Waals surface area contributed by atoms with Gasteiger partial charge in [0, 0.05) is 0 Å². The summed E-state index contributed by atoms with van der Waals surface area (Å²) in [6, 6.07) is 0. The lowest BCUT2D eigenvalue weighted by molar-refractivity contribution is 0.769. The number of halogens is 2. The molecule has 0 rings (SSSR count). The Morgan fingerprint density at radius 1 is 1.25 bits per heavy atom. The molecule has 0 N–H and O–H groups in total. The maximum atomic E-state index is 5.47. The standard InChI is InChI=1S/C6H10Cl2/c1-4(2)5(3)6(7)8/h4H,1-3H3. The topological polar surface area (TPSA) is 0 Å². The highest BCUT2D eigenvalue weighted by Gasteiger charge is 1.99. The van der Waals surface area contributed by atoms with E-state index in [4.69, 9.17) is 23.2 Å². The molecule has 8 heavy (non-hydrogen) atoms. The second kappa shape index (κ2) is 3.37. The summed E-state index contributed by atoms with van der Waals surface area (Å²) >= 11 is 10.9. The first-order valence-electron chi connectivity index (χ1n) is 2.57. The van der Waals surface area contributed by atoms with Gasteiger partial charge in [-0.2, -0.15) is 0 Å². The molecule has 0 bridgehead atoms. The SMILES string of the molecule is CC(=C(Cl)Cl)C(C)C. The lowest BCUT2D eigenvalue weighted by Crippen LogP contribution is -1.87. The van der Waals surface area contributed by atoms with E-state index in [9.17, 15) is 0 Å². The van der Waals surface area contributed by atoms with E-state index in [1.54, 1.807) is 0 Å². The fourth-order valence-electron chi connectivity index (χ4n) is 0.218. The van der Waals surface area contributed by atoms with E-state index < -0.39 is 0 Å². The van der Waals surface area contributed by atoms with Crippen LogP contribution in [-0.4, -0.2) is 0 Å². The van der Waals surface area contributed by atoms with Crippen molar-refractivity contribution in [1.29, 1.82) is 0 Å². The predicted molar refractivity (Wildman–Crippen MR) is 39.2 cm³/mol. The van der Waals surface area contributed by atoms with Crippen molar-refractivity contribution in [3.8, 4) is 0 Å². The molecule has 0 saturated carbocycles. The minimum atomic E-state index is 0.403. The Labute approximate surface area is 60.5 Å². The van der Waals surface area contributed by atoms with Crippen molar-refractivity contribution in [2.75, 3.05) is 0 Å². The Bertz CT molecular complexity index is 99.1. The van der Waals surface area contributed by atoms with Gasteiger partial charge in [0.25, 0.3) is 0 Å². The minimum absolute atomic E-state index is 0.403. The van der Waals surface area contributed by atoms with E-state index >= 15 is 0 Å². The molecule has 0 aliphatic heterocycles. The number of allylic oxidation sites excluding steroid dienone is 1. The highest BCUT2D eigenvalue weighted by atomic mass is 35.5. The van der Waals surface area contributed by atoms with Crippen molar-refractivity contribution in [1.82, 2.24) is 0 Å². The van der Waals surface area contributed by atoms with E-state index in [0.717, 1.165) is 5.57 Å². The van der Waals surface area contributed by atoms with E-state index in [2.05, 4.69) is 13.8 Å². The molecule has 0 fully saturated rings. The van der Waals surface area contributed by atoms with Crippen molar-refractivity contribution in [3.05, 3.63) is 10.1 Å². The van der Waals surface area contributed by atoms with Crippen LogP contribution in [0.4, 0.5) is 0 Å². The second-order valence-electron chi connectivity index (χ2n) is 2.10. The summed E-state index contributed by atoms with van der Waals surface area (Å²) < 4.78 is 0.403. The van der Waals surface area contributed by atoms with Gasteiger partial charge in [0.15, 0.2) is 0 Å². The molecule has 0 saturated heterocycles. The molecule has 0 aliphatic carbocycles. The van der Waals surface area contributed by atoms with Crippen LogP contribution in [0.25, 0.3) is 0 Å². The molecule has 0 unspecified atom stereocenters. The highest BCUT2D eigenvalue weighted by molar-refractivity contribution is 6.56. The predicted octanol–water partition coefficient (Wildman–Crippen LogP) is 3.35. The first-order valence-corrected chi connectivity index (χ1v) is 3.33. The van der Waals surface area contributed by atoms with Gasteiger partial charge in [0.1, 0.15) is 4.49 Å². The molecular formula is C6H10Cl2. The summed E-state index contributed by atoms with van der Waals surface area (Å²) in [4.78, 5) is 0. The lowest BCUT2D eigenvalue weighted by atomic mass is 10.1. The molecule has 0 amide bonds. The largest absolute Gasteiger partial charge is 0.106 e. The Balaban J connectivity index is 4.00. The van der Waals surface area contributed by atoms with Crippen molar-refractivity contribution < 1.29 is 0 Å². The molecule has 0 nitrogen and oxygen atoms in total. The van der Waals surface area contributed by atoms with Crippen LogP contribution in [-0.2, 0) is 0 Å².